The Morgan fingerprint density at radius 3 is 2.91 bits per heavy atom. The second-order valence-electron chi connectivity index (χ2n) is 5.76. The summed E-state index contributed by atoms with van der Waals surface area (Å²) in [6, 6.07) is 15.0. The Balaban J connectivity index is 1.65. The number of hydrogen-bond donors (Lipinski definition) is 1. The van der Waals surface area contributed by atoms with Gasteiger partial charge in [-0.05, 0) is 29.2 Å². The number of carbonyl (C=O) groups is 1. The topological polar surface area (TPSA) is 46.3 Å². The van der Waals surface area contributed by atoms with Crippen LogP contribution >= 0.6 is 11.8 Å². The van der Waals surface area contributed by atoms with Gasteiger partial charge in [0, 0.05) is 24.1 Å². The van der Waals surface area contributed by atoms with E-state index >= 15 is 0 Å². The number of piperidine rings is 1. The lowest BCUT2D eigenvalue weighted by Crippen LogP contribution is -2.43. The number of fused-ring (bicyclic) bond motifs is 1. The maximum absolute atomic E-state index is 11.8. The highest BCUT2D eigenvalue weighted by Crippen LogP contribution is 2.28. The number of amides is 1. The summed E-state index contributed by atoms with van der Waals surface area (Å²) < 4.78 is 0. The fourth-order valence-electron chi connectivity index (χ4n) is 3.06. The summed E-state index contributed by atoms with van der Waals surface area (Å²) in [7, 11) is 0. The number of rotatable bonds is 4. The van der Waals surface area contributed by atoms with E-state index in [9.17, 15) is 4.79 Å². The molecule has 0 spiro atoms. The molecule has 1 fully saturated rings. The van der Waals surface area contributed by atoms with Crippen LogP contribution in [0.3, 0.4) is 0 Å². The number of likely N-dealkylation sites (tertiary alicyclic amines) is 1. The van der Waals surface area contributed by atoms with Gasteiger partial charge >= 0.3 is 0 Å². The van der Waals surface area contributed by atoms with Crippen LogP contribution in [0.5, 0.6) is 0 Å². The van der Waals surface area contributed by atoms with Crippen molar-refractivity contribution in [1.29, 1.82) is 0 Å². The van der Waals surface area contributed by atoms with Crippen molar-refractivity contribution in [2.24, 2.45) is 5.73 Å². The van der Waals surface area contributed by atoms with Crippen molar-refractivity contribution >= 4 is 28.4 Å². The Morgan fingerprint density at radius 2 is 2.05 bits per heavy atom. The Hall–Kier alpha value is -1.52. The maximum Gasteiger partial charge on any atom is 0.236 e. The van der Waals surface area contributed by atoms with Crippen LogP contribution in [0.25, 0.3) is 10.8 Å². The third-order valence-corrected chi connectivity index (χ3v) is 5.59. The standard InChI is InChI=1S/C18H22N2OS/c19-11-18(21)20-10-4-8-16(12-20)22-13-15-7-3-6-14-5-1-2-9-17(14)15/h1-3,5-7,9,16H,4,8,10-13,19H2. The summed E-state index contributed by atoms with van der Waals surface area (Å²) in [5, 5.41) is 3.15. The first-order chi connectivity index (χ1) is 10.8. The van der Waals surface area contributed by atoms with E-state index in [1.165, 1.54) is 22.8 Å². The van der Waals surface area contributed by atoms with E-state index in [-0.39, 0.29) is 12.5 Å². The molecule has 0 saturated carbocycles. The molecule has 0 radical (unpaired) electrons. The van der Waals surface area contributed by atoms with Gasteiger partial charge in [-0.25, -0.2) is 0 Å². The highest BCUT2D eigenvalue weighted by molar-refractivity contribution is 7.99. The summed E-state index contributed by atoms with van der Waals surface area (Å²) in [5.41, 5.74) is 6.86. The Kier molecular flexibility index (Phi) is 5.01. The quantitative estimate of drug-likeness (QED) is 0.943. The zero-order valence-electron chi connectivity index (χ0n) is 12.7. The molecule has 4 heteroatoms. The molecule has 1 saturated heterocycles. The summed E-state index contributed by atoms with van der Waals surface area (Å²) in [5.74, 6) is 1.08. The first-order valence-electron chi connectivity index (χ1n) is 7.84. The molecule has 22 heavy (non-hydrogen) atoms. The predicted molar refractivity (Wildman–Crippen MR) is 93.9 cm³/mol. The molecule has 116 valence electrons. The molecule has 3 rings (SSSR count). The second kappa shape index (κ2) is 7.16. The molecule has 2 N–H and O–H groups in total. The molecule has 1 amide bonds. The van der Waals surface area contributed by atoms with Gasteiger partial charge in [0.05, 0.1) is 6.54 Å². The summed E-state index contributed by atoms with van der Waals surface area (Å²) >= 11 is 1.96. The molecule has 1 heterocycles. The van der Waals surface area contributed by atoms with Gasteiger partial charge < -0.3 is 10.6 Å². The molecule has 1 atom stereocenters. The molecule has 0 aromatic heterocycles. The maximum atomic E-state index is 11.8. The largest absolute Gasteiger partial charge is 0.340 e. The van der Waals surface area contributed by atoms with Crippen LogP contribution in [0.2, 0.25) is 0 Å². The average Bonchev–Trinajstić information content (AvgIpc) is 2.59. The monoisotopic (exact) mass is 314 g/mol. The SMILES string of the molecule is NCC(=O)N1CCCC(SCc2cccc3ccccc23)C1. The molecule has 3 nitrogen and oxygen atoms in total. The van der Waals surface area contributed by atoms with Crippen LogP contribution in [0.15, 0.2) is 42.5 Å². The van der Waals surface area contributed by atoms with Gasteiger partial charge in [-0.1, -0.05) is 42.5 Å². The Morgan fingerprint density at radius 1 is 1.23 bits per heavy atom. The zero-order chi connectivity index (χ0) is 15.4. The lowest BCUT2D eigenvalue weighted by molar-refractivity contribution is -0.130. The molecule has 1 aliphatic heterocycles. The van der Waals surface area contributed by atoms with E-state index in [1.807, 2.05) is 16.7 Å². The third kappa shape index (κ3) is 3.45. The van der Waals surface area contributed by atoms with Gasteiger partial charge in [0.2, 0.25) is 5.91 Å². The van der Waals surface area contributed by atoms with Gasteiger partial charge in [0.1, 0.15) is 0 Å². The number of carbonyl (C=O) groups excluding carboxylic acids is 1. The van der Waals surface area contributed by atoms with Crippen molar-refractivity contribution in [3.63, 3.8) is 0 Å². The van der Waals surface area contributed by atoms with Crippen molar-refractivity contribution in [2.45, 2.75) is 23.8 Å². The van der Waals surface area contributed by atoms with E-state index < -0.39 is 0 Å². The van der Waals surface area contributed by atoms with E-state index in [2.05, 4.69) is 42.5 Å². The molecule has 2 aromatic rings. The number of nitrogens with two attached hydrogens (primary N) is 1. The molecular formula is C18H22N2OS. The lowest BCUT2D eigenvalue weighted by atomic mass is 10.1. The number of nitrogens with zero attached hydrogens (tertiary/aromatic N) is 1. The fraction of sp³-hybridized carbons (Fsp3) is 0.389. The molecule has 2 aromatic carbocycles. The van der Waals surface area contributed by atoms with Gasteiger partial charge in [-0.2, -0.15) is 11.8 Å². The van der Waals surface area contributed by atoms with Crippen molar-refractivity contribution in [3.8, 4) is 0 Å². The van der Waals surface area contributed by atoms with Crippen molar-refractivity contribution in [2.75, 3.05) is 19.6 Å². The highest BCUT2D eigenvalue weighted by atomic mass is 32.2. The van der Waals surface area contributed by atoms with Gasteiger partial charge in [0.15, 0.2) is 0 Å². The molecule has 0 bridgehead atoms. The van der Waals surface area contributed by atoms with Crippen molar-refractivity contribution < 1.29 is 4.79 Å². The highest BCUT2D eigenvalue weighted by Gasteiger charge is 2.23. The van der Waals surface area contributed by atoms with Crippen molar-refractivity contribution in [3.05, 3.63) is 48.0 Å². The van der Waals surface area contributed by atoms with Crippen LogP contribution in [0.1, 0.15) is 18.4 Å². The van der Waals surface area contributed by atoms with E-state index in [0.717, 1.165) is 25.3 Å². The number of benzene rings is 2. The smallest absolute Gasteiger partial charge is 0.236 e. The minimum Gasteiger partial charge on any atom is -0.340 e. The summed E-state index contributed by atoms with van der Waals surface area (Å²) in [4.78, 5) is 13.7. The van der Waals surface area contributed by atoms with Crippen LogP contribution in [-0.2, 0) is 10.5 Å². The predicted octanol–water partition coefficient (Wildman–Crippen LogP) is 3.02. The van der Waals surface area contributed by atoms with Gasteiger partial charge in [0.25, 0.3) is 0 Å². The Labute approximate surface area is 135 Å². The first-order valence-corrected chi connectivity index (χ1v) is 8.89. The second-order valence-corrected chi connectivity index (χ2v) is 7.05. The summed E-state index contributed by atoms with van der Waals surface area (Å²) in [6.07, 6.45) is 2.27. The van der Waals surface area contributed by atoms with E-state index in [1.54, 1.807) is 0 Å². The average molecular weight is 314 g/mol. The summed E-state index contributed by atoms with van der Waals surface area (Å²) in [6.45, 7) is 1.83. The molecular weight excluding hydrogens is 292 g/mol. The molecule has 0 aliphatic carbocycles. The minimum atomic E-state index is 0.0791. The molecule has 1 unspecified atom stereocenters. The minimum absolute atomic E-state index is 0.0791. The number of thioether (sulfide) groups is 1. The van der Waals surface area contributed by atoms with Crippen LogP contribution in [0.4, 0.5) is 0 Å². The van der Waals surface area contributed by atoms with Gasteiger partial charge in [-0.15, -0.1) is 0 Å². The molecule has 1 aliphatic rings. The van der Waals surface area contributed by atoms with Crippen LogP contribution in [-0.4, -0.2) is 35.7 Å². The van der Waals surface area contributed by atoms with Crippen LogP contribution < -0.4 is 5.73 Å². The lowest BCUT2D eigenvalue weighted by Gasteiger charge is -2.32. The van der Waals surface area contributed by atoms with Gasteiger partial charge in [-0.3, -0.25) is 4.79 Å². The third-order valence-electron chi connectivity index (χ3n) is 4.26. The van der Waals surface area contributed by atoms with Crippen molar-refractivity contribution in [1.82, 2.24) is 4.90 Å². The van der Waals surface area contributed by atoms with Crippen LogP contribution in [0, 0.1) is 0 Å². The first kappa shape index (κ1) is 15.4. The number of hydrogen-bond acceptors (Lipinski definition) is 3. The van der Waals surface area contributed by atoms with E-state index in [0.29, 0.717) is 5.25 Å². The normalized spacial score (nSPS) is 18.6. The fourth-order valence-corrected chi connectivity index (χ4v) is 4.34. The Bertz CT molecular complexity index is 653. The zero-order valence-corrected chi connectivity index (χ0v) is 13.5. The van der Waals surface area contributed by atoms with E-state index in [4.69, 9.17) is 5.73 Å².